The van der Waals surface area contributed by atoms with E-state index in [1.54, 1.807) is 21.6 Å². The van der Waals surface area contributed by atoms with Gasteiger partial charge in [-0.05, 0) is 0 Å². The maximum absolute atomic E-state index is 6.06. The maximum Gasteiger partial charge on any atom is 0.183 e. The van der Waals surface area contributed by atoms with Gasteiger partial charge >= 0.3 is 0 Å². The van der Waals surface area contributed by atoms with E-state index in [2.05, 4.69) is 24.6 Å². The third kappa shape index (κ3) is 34.1. The zero-order valence-electron chi connectivity index (χ0n) is 6.95. The van der Waals surface area contributed by atoms with Crippen molar-refractivity contribution in [2.75, 3.05) is 11.5 Å². The van der Waals surface area contributed by atoms with Crippen LogP contribution in [0, 0.1) is 5.41 Å². The van der Waals surface area contributed by atoms with Gasteiger partial charge in [-0.1, -0.05) is 33.7 Å². The molecular weight excluding hydrogens is 190 g/mol. The molecule has 0 radical (unpaired) electrons. The van der Waals surface area contributed by atoms with Gasteiger partial charge in [-0.2, -0.15) is 0 Å². The second-order valence-corrected chi connectivity index (χ2v) is 4.15. The van der Waals surface area contributed by atoms with Crippen LogP contribution in [0.3, 0.4) is 0 Å². The Kier molecular flexibility index (Phi) is 15.2. The Morgan fingerprint density at radius 3 is 1.58 bits per heavy atom. The fraction of sp³-hybridized carbons (Fsp3) is 0.286. The molecule has 0 amide bonds. The molecule has 70 valence electrons. The predicted octanol–water partition coefficient (Wildman–Crippen LogP) is 1.58. The van der Waals surface area contributed by atoms with Crippen molar-refractivity contribution in [3.63, 3.8) is 0 Å². The minimum Gasteiger partial charge on any atom is -0.370 e. The van der Waals surface area contributed by atoms with Crippen LogP contribution in [0.15, 0.2) is 25.3 Å². The predicted molar refractivity (Wildman–Crippen MR) is 61.4 cm³/mol. The Morgan fingerprint density at radius 2 is 1.42 bits per heavy atom. The zero-order chi connectivity index (χ0) is 9.82. The third-order valence-electron chi connectivity index (χ3n) is 0.455. The summed E-state index contributed by atoms with van der Waals surface area (Å²) in [5.41, 5.74) is 8.94. The van der Waals surface area contributed by atoms with Gasteiger partial charge in [0.1, 0.15) is 0 Å². The van der Waals surface area contributed by atoms with Crippen molar-refractivity contribution in [1.82, 2.24) is 0 Å². The number of rotatable bonds is 5. The summed E-state index contributed by atoms with van der Waals surface area (Å²) in [4.78, 5) is 0. The van der Waals surface area contributed by atoms with E-state index in [0.717, 1.165) is 11.5 Å². The molecule has 0 aliphatic carbocycles. The van der Waals surface area contributed by atoms with E-state index in [9.17, 15) is 0 Å². The second kappa shape index (κ2) is 13.1. The van der Waals surface area contributed by atoms with E-state index in [-0.39, 0.29) is 5.96 Å². The quantitative estimate of drug-likeness (QED) is 0.209. The molecule has 0 fully saturated rings. The summed E-state index contributed by atoms with van der Waals surface area (Å²) >= 11 is 0. The maximum atomic E-state index is 6.06. The van der Waals surface area contributed by atoms with Crippen molar-refractivity contribution in [1.29, 1.82) is 5.41 Å². The first kappa shape index (κ1) is 14.0. The summed E-state index contributed by atoms with van der Waals surface area (Å²) in [6.07, 6.45) is 3.81. The molecule has 0 spiro atoms. The van der Waals surface area contributed by atoms with Gasteiger partial charge in [0.2, 0.25) is 0 Å². The van der Waals surface area contributed by atoms with Gasteiger partial charge in [0.15, 0.2) is 5.96 Å². The molecule has 0 aromatic rings. The first-order chi connectivity index (χ1) is 5.65. The fourth-order valence-electron chi connectivity index (χ4n) is 0.192. The van der Waals surface area contributed by atoms with Crippen molar-refractivity contribution < 1.29 is 0 Å². The Bertz CT molecular complexity index is 123. The molecule has 0 unspecified atom stereocenters. The molecule has 0 aromatic carbocycles. The average molecular weight is 205 g/mol. The van der Waals surface area contributed by atoms with Crippen LogP contribution in [0.2, 0.25) is 0 Å². The van der Waals surface area contributed by atoms with Crippen molar-refractivity contribution in [2.45, 2.75) is 0 Å². The molecular formula is C7H15N3S2. The summed E-state index contributed by atoms with van der Waals surface area (Å²) in [5.74, 6) is 1.72. The number of nitrogens with two attached hydrogens (primary N) is 2. The van der Waals surface area contributed by atoms with Crippen molar-refractivity contribution in [3.8, 4) is 0 Å². The monoisotopic (exact) mass is 205 g/mol. The van der Waals surface area contributed by atoms with Gasteiger partial charge in [0.05, 0.1) is 0 Å². The summed E-state index contributed by atoms with van der Waals surface area (Å²) in [5, 5.41) is 6.06. The Hall–Kier alpha value is -0.550. The van der Waals surface area contributed by atoms with Crippen LogP contribution < -0.4 is 11.5 Å². The van der Waals surface area contributed by atoms with Gasteiger partial charge in [-0.25, -0.2) is 0 Å². The number of guanidine groups is 1. The minimum absolute atomic E-state index is 0.333. The van der Waals surface area contributed by atoms with Crippen LogP contribution >= 0.6 is 21.6 Å². The molecule has 0 atom stereocenters. The number of hydrogen-bond donors (Lipinski definition) is 3. The highest BCUT2D eigenvalue weighted by molar-refractivity contribution is 8.76. The minimum atomic E-state index is -0.333. The van der Waals surface area contributed by atoms with Crippen LogP contribution in [0.4, 0.5) is 0 Å². The molecule has 5 heteroatoms. The van der Waals surface area contributed by atoms with E-state index in [1.807, 2.05) is 12.2 Å². The highest BCUT2D eigenvalue weighted by Crippen LogP contribution is 2.20. The van der Waals surface area contributed by atoms with Crippen molar-refractivity contribution >= 4 is 27.5 Å². The Morgan fingerprint density at radius 1 is 1.17 bits per heavy atom. The first-order valence-electron chi connectivity index (χ1n) is 3.20. The smallest absolute Gasteiger partial charge is 0.183 e. The third-order valence-corrected chi connectivity index (χ3v) is 2.68. The van der Waals surface area contributed by atoms with Crippen LogP contribution in [0.5, 0.6) is 0 Å². The highest BCUT2D eigenvalue weighted by atomic mass is 33.1. The number of hydrogen-bond acceptors (Lipinski definition) is 3. The van der Waals surface area contributed by atoms with Gasteiger partial charge in [-0.15, -0.1) is 13.2 Å². The number of nitrogens with one attached hydrogen (secondary N) is 1. The molecule has 0 aliphatic rings. The van der Waals surface area contributed by atoms with Crippen LogP contribution in [0.25, 0.3) is 0 Å². The fourth-order valence-corrected chi connectivity index (χ4v) is 1.73. The standard InChI is InChI=1S/C6H10S2.CH5N3/c1-3-5-7-8-6-4-2;2-1(3)4/h3-4H,1-2,5-6H2;(H5,2,3,4). The van der Waals surface area contributed by atoms with E-state index in [4.69, 9.17) is 5.41 Å². The molecule has 0 aromatic heterocycles. The van der Waals surface area contributed by atoms with Crippen LogP contribution in [-0.2, 0) is 0 Å². The molecule has 0 saturated carbocycles. The van der Waals surface area contributed by atoms with Crippen LogP contribution in [-0.4, -0.2) is 17.5 Å². The van der Waals surface area contributed by atoms with Gasteiger partial charge < -0.3 is 11.5 Å². The summed E-state index contributed by atoms with van der Waals surface area (Å²) < 4.78 is 0. The highest BCUT2D eigenvalue weighted by Gasteiger charge is 1.79. The van der Waals surface area contributed by atoms with Crippen LogP contribution in [0.1, 0.15) is 0 Å². The largest absolute Gasteiger partial charge is 0.370 e. The Labute approximate surface area is 81.6 Å². The van der Waals surface area contributed by atoms with Crippen molar-refractivity contribution in [2.24, 2.45) is 11.5 Å². The normalized spacial score (nSPS) is 7.67. The van der Waals surface area contributed by atoms with E-state index in [0.29, 0.717) is 0 Å². The topological polar surface area (TPSA) is 75.9 Å². The lowest BCUT2D eigenvalue weighted by molar-refractivity contribution is 1.39. The molecule has 3 nitrogen and oxygen atoms in total. The van der Waals surface area contributed by atoms with Gasteiger partial charge in [0.25, 0.3) is 0 Å². The first-order valence-corrected chi connectivity index (χ1v) is 5.69. The lowest BCUT2D eigenvalue weighted by atomic mass is 10.8. The molecule has 12 heavy (non-hydrogen) atoms. The molecule has 0 aliphatic heterocycles. The Balaban J connectivity index is 0. The van der Waals surface area contributed by atoms with E-state index >= 15 is 0 Å². The molecule has 5 N–H and O–H groups in total. The summed E-state index contributed by atoms with van der Waals surface area (Å²) in [7, 11) is 3.61. The average Bonchev–Trinajstić information content (AvgIpc) is 1.97. The van der Waals surface area contributed by atoms with Gasteiger partial charge in [0, 0.05) is 11.5 Å². The van der Waals surface area contributed by atoms with E-state index in [1.165, 1.54) is 0 Å². The van der Waals surface area contributed by atoms with Gasteiger partial charge in [-0.3, -0.25) is 5.41 Å². The lowest BCUT2D eigenvalue weighted by Crippen LogP contribution is -2.20. The lowest BCUT2D eigenvalue weighted by Gasteiger charge is -1.89. The SMILES string of the molecule is C=CCSSCC=C.N=C(N)N. The molecule has 0 rings (SSSR count). The second-order valence-electron chi connectivity index (χ2n) is 1.60. The van der Waals surface area contributed by atoms with E-state index < -0.39 is 0 Å². The molecule has 0 bridgehead atoms. The zero-order valence-corrected chi connectivity index (χ0v) is 8.59. The summed E-state index contributed by atoms with van der Waals surface area (Å²) in [6, 6.07) is 0. The van der Waals surface area contributed by atoms with Crippen molar-refractivity contribution in [3.05, 3.63) is 25.3 Å². The molecule has 0 heterocycles. The molecule has 0 saturated heterocycles. The summed E-state index contributed by atoms with van der Waals surface area (Å²) in [6.45, 7) is 7.20.